The summed E-state index contributed by atoms with van der Waals surface area (Å²) >= 11 is 0. The van der Waals surface area contributed by atoms with Crippen molar-refractivity contribution < 1.29 is 24.2 Å². The van der Waals surface area contributed by atoms with Gasteiger partial charge in [-0.05, 0) is 18.2 Å². The van der Waals surface area contributed by atoms with Gasteiger partial charge in [-0.3, -0.25) is 0 Å². The maximum Gasteiger partial charge on any atom is 0.354 e. The molecule has 0 aliphatic carbocycles. The third kappa shape index (κ3) is 3.49. The Morgan fingerprint density at radius 1 is 1.35 bits per heavy atom. The lowest BCUT2D eigenvalue weighted by atomic mass is 10.2. The van der Waals surface area contributed by atoms with Gasteiger partial charge in [0.2, 0.25) is 0 Å². The number of aryl methyl sites for hydroxylation is 1. The minimum absolute atomic E-state index is 0.0583. The number of esters is 2. The molecule has 1 aromatic heterocycles. The van der Waals surface area contributed by atoms with E-state index in [1.807, 2.05) is 0 Å². The predicted octanol–water partition coefficient (Wildman–Crippen LogP) is 0.707. The molecule has 8 heteroatoms. The van der Waals surface area contributed by atoms with Crippen LogP contribution >= 0.6 is 0 Å². The Labute approximate surface area is 132 Å². The quantitative estimate of drug-likeness (QED) is 0.618. The fourth-order valence-corrected chi connectivity index (χ4v) is 2.06. The SMILES string of the molecule is COC(=O)/C=C(/Nc1ccc2c(c1)nc(CO)n2C)C(=O)OC. The second kappa shape index (κ2) is 6.93. The fourth-order valence-electron chi connectivity index (χ4n) is 2.06. The number of hydrogen-bond acceptors (Lipinski definition) is 7. The number of imidazole rings is 1. The summed E-state index contributed by atoms with van der Waals surface area (Å²) in [6.07, 6.45) is 1.01. The van der Waals surface area contributed by atoms with Crippen LogP contribution < -0.4 is 5.32 Å². The average molecular weight is 319 g/mol. The number of aliphatic hydroxyl groups is 1. The Bertz CT molecular complexity index is 779. The number of anilines is 1. The molecule has 0 spiro atoms. The van der Waals surface area contributed by atoms with E-state index >= 15 is 0 Å². The predicted molar refractivity (Wildman–Crippen MR) is 82.4 cm³/mol. The summed E-state index contributed by atoms with van der Waals surface area (Å²) in [6, 6.07) is 5.21. The van der Waals surface area contributed by atoms with Crippen molar-refractivity contribution in [2.75, 3.05) is 19.5 Å². The molecule has 0 saturated carbocycles. The van der Waals surface area contributed by atoms with E-state index in [0.29, 0.717) is 17.0 Å². The van der Waals surface area contributed by atoms with Crippen molar-refractivity contribution in [3.63, 3.8) is 0 Å². The first-order valence-corrected chi connectivity index (χ1v) is 6.71. The van der Waals surface area contributed by atoms with E-state index < -0.39 is 11.9 Å². The lowest BCUT2D eigenvalue weighted by Gasteiger charge is -2.09. The summed E-state index contributed by atoms with van der Waals surface area (Å²) < 4.78 is 10.9. The van der Waals surface area contributed by atoms with Crippen molar-refractivity contribution >= 4 is 28.7 Å². The summed E-state index contributed by atoms with van der Waals surface area (Å²) in [7, 11) is 4.22. The fraction of sp³-hybridized carbons (Fsp3) is 0.267. The molecule has 1 aromatic carbocycles. The molecule has 0 aliphatic rings. The number of hydrogen-bond donors (Lipinski definition) is 2. The Kier molecular flexibility index (Phi) is 4.97. The first kappa shape index (κ1) is 16.5. The van der Waals surface area contributed by atoms with Gasteiger partial charge in [0.15, 0.2) is 0 Å². The number of aromatic nitrogens is 2. The highest BCUT2D eigenvalue weighted by Crippen LogP contribution is 2.21. The molecule has 0 atom stereocenters. The van der Waals surface area contributed by atoms with Crippen molar-refractivity contribution in [3.05, 3.63) is 35.8 Å². The normalized spacial score (nSPS) is 11.4. The lowest BCUT2D eigenvalue weighted by Crippen LogP contribution is -2.15. The van der Waals surface area contributed by atoms with Crippen LogP contribution in [0.5, 0.6) is 0 Å². The summed E-state index contributed by atoms with van der Waals surface area (Å²) in [4.78, 5) is 27.4. The lowest BCUT2D eigenvalue weighted by molar-refractivity contribution is -0.138. The van der Waals surface area contributed by atoms with E-state index in [9.17, 15) is 14.7 Å². The van der Waals surface area contributed by atoms with E-state index in [1.165, 1.54) is 14.2 Å². The molecule has 0 bridgehead atoms. The molecular weight excluding hydrogens is 302 g/mol. The van der Waals surface area contributed by atoms with E-state index in [0.717, 1.165) is 11.6 Å². The van der Waals surface area contributed by atoms with E-state index in [4.69, 9.17) is 0 Å². The molecule has 23 heavy (non-hydrogen) atoms. The molecule has 0 radical (unpaired) electrons. The number of nitrogens with zero attached hydrogens (tertiary/aromatic N) is 2. The molecule has 0 amide bonds. The van der Waals surface area contributed by atoms with Crippen LogP contribution in [0.25, 0.3) is 11.0 Å². The van der Waals surface area contributed by atoms with Crippen molar-refractivity contribution in [1.29, 1.82) is 0 Å². The van der Waals surface area contributed by atoms with Crippen molar-refractivity contribution in [2.24, 2.45) is 7.05 Å². The van der Waals surface area contributed by atoms with Gasteiger partial charge in [0, 0.05) is 12.7 Å². The summed E-state index contributed by atoms with van der Waals surface area (Å²) in [6.45, 7) is -0.177. The molecule has 1 heterocycles. The Hall–Kier alpha value is -2.87. The van der Waals surface area contributed by atoms with Gasteiger partial charge < -0.3 is 24.5 Å². The second-order valence-corrected chi connectivity index (χ2v) is 4.65. The number of rotatable bonds is 5. The maximum absolute atomic E-state index is 11.7. The minimum Gasteiger partial charge on any atom is -0.466 e. The second-order valence-electron chi connectivity index (χ2n) is 4.65. The van der Waals surface area contributed by atoms with E-state index in [1.54, 1.807) is 29.8 Å². The zero-order valence-electron chi connectivity index (χ0n) is 13.0. The summed E-state index contributed by atoms with van der Waals surface area (Å²) in [5.41, 5.74) is 1.96. The van der Waals surface area contributed by atoms with Gasteiger partial charge in [-0.15, -0.1) is 0 Å². The van der Waals surface area contributed by atoms with Crippen molar-refractivity contribution in [3.8, 4) is 0 Å². The zero-order chi connectivity index (χ0) is 17.0. The van der Waals surface area contributed by atoms with Gasteiger partial charge in [0.1, 0.15) is 18.1 Å². The number of aliphatic hydroxyl groups excluding tert-OH is 1. The van der Waals surface area contributed by atoms with Gasteiger partial charge >= 0.3 is 11.9 Å². The largest absolute Gasteiger partial charge is 0.466 e. The number of fused-ring (bicyclic) bond motifs is 1. The molecule has 0 fully saturated rings. The van der Waals surface area contributed by atoms with Crippen molar-refractivity contribution in [2.45, 2.75) is 6.61 Å². The van der Waals surface area contributed by atoms with Crippen LogP contribution in [-0.2, 0) is 32.7 Å². The number of carbonyl (C=O) groups excluding carboxylic acids is 2. The third-order valence-electron chi connectivity index (χ3n) is 3.26. The summed E-state index contributed by atoms with van der Waals surface area (Å²) in [5, 5.41) is 12.1. The Morgan fingerprint density at radius 3 is 2.70 bits per heavy atom. The molecule has 0 aliphatic heterocycles. The number of carbonyl (C=O) groups is 2. The Morgan fingerprint density at radius 2 is 2.09 bits per heavy atom. The molecule has 2 N–H and O–H groups in total. The van der Waals surface area contributed by atoms with Crippen LogP contribution in [0, 0.1) is 0 Å². The van der Waals surface area contributed by atoms with Crippen LogP contribution in [-0.4, -0.2) is 40.8 Å². The van der Waals surface area contributed by atoms with Crippen molar-refractivity contribution in [1.82, 2.24) is 9.55 Å². The molecular formula is C15H17N3O5. The van der Waals surface area contributed by atoms with Gasteiger partial charge in [-0.1, -0.05) is 0 Å². The van der Waals surface area contributed by atoms with Crippen LogP contribution in [0.15, 0.2) is 30.0 Å². The van der Waals surface area contributed by atoms with E-state index in [-0.39, 0.29) is 12.3 Å². The van der Waals surface area contributed by atoms with Gasteiger partial charge in [0.25, 0.3) is 0 Å². The van der Waals surface area contributed by atoms with Gasteiger partial charge in [-0.25, -0.2) is 14.6 Å². The number of benzene rings is 1. The number of nitrogens with one attached hydrogen (secondary N) is 1. The van der Waals surface area contributed by atoms with Crippen LogP contribution in [0.4, 0.5) is 5.69 Å². The number of methoxy groups -OCH3 is 2. The van der Waals surface area contributed by atoms with E-state index in [2.05, 4.69) is 19.8 Å². The highest BCUT2D eigenvalue weighted by atomic mass is 16.5. The first-order valence-electron chi connectivity index (χ1n) is 6.71. The molecule has 0 saturated heterocycles. The first-order chi connectivity index (χ1) is 11.0. The minimum atomic E-state index is -0.701. The standard InChI is InChI=1S/C15H17N3O5/c1-18-12-5-4-9(6-10(12)17-13(18)8-19)16-11(15(21)23-3)7-14(20)22-2/h4-7,16,19H,8H2,1-3H3/b11-7+. The monoisotopic (exact) mass is 319 g/mol. The molecule has 122 valence electrons. The van der Waals surface area contributed by atoms with Crippen LogP contribution in [0.1, 0.15) is 5.82 Å². The summed E-state index contributed by atoms with van der Waals surface area (Å²) in [5.74, 6) is -0.859. The maximum atomic E-state index is 11.7. The highest BCUT2D eigenvalue weighted by Gasteiger charge is 2.14. The van der Waals surface area contributed by atoms with Gasteiger partial charge in [-0.2, -0.15) is 0 Å². The topological polar surface area (TPSA) is 103 Å². The molecule has 0 unspecified atom stereocenters. The Balaban J connectivity index is 2.36. The average Bonchev–Trinajstić information content (AvgIpc) is 2.88. The molecule has 2 rings (SSSR count). The number of ether oxygens (including phenoxy) is 2. The van der Waals surface area contributed by atoms with Gasteiger partial charge in [0.05, 0.1) is 31.3 Å². The smallest absolute Gasteiger partial charge is 0.354 e. The zero-order valence-corrected chi connectivity index (χ0v) is 13.0. The highest BCUT2D eigenvalue weighted by molar-refractivity contribution is 5.99. The third-order valence-corrected chi connectivity index (χ3v) is 3.26. The van der Waals surface area contributed by atoms with Crippen LogP contribution in [0.3, 0.4) is 0 Å². The molecule has 2 aromatic rings. The van der Waals surface area contributed by atoms with Crippen LogP contribution in [0.2, 0.25) is 0 Å². The molecule has 8 nitrogen and oxygen atoms in total.